The van der Waals surface area contributed by atoms with Crippen LogP contribution in [0.2, 0.25) is 0 Å². The second-order valence-electron chi connectivity index (χ2n) is 4.59. The summed E-state index contributed by atoms with van der Waals surface area (Å²) in [7, 11) is 0. The average Bonchev–Trinajstić information content (AvgIpc) is 2.49. The number of aromatic nitrogens is 2. The van der Waals surface area contributed by atoms with Crippen molar-refractivity contribution in [2.45, 2.75) is 20.3 Å². The number of carbonyl (C=O) groups excluding carboxylic acids is 2. The van der Waals surface area contributed by atoms with Crippen LogP contribution in [-0.2, 0) is 9.59 Å². The van der Waals surface area contributed by atoms with Crippen LogP contribution in [0.15, 0.2) is 36.4 Å². The fourth-order valence-corrected chi connectivity index (χ4v) is 1.72. The molecule has 0 bridgehead atoms. The maximum absolute atomic E-state index is 11.3. The molecular formula is C15H17N5O2. The molecule has 22 heavy (non-hydrogen) atoms. The number of hydrogen-bond donors (Lipinski definition) is 3. The predicted octanol–water partition coefficient (Wildman–Crippen LogP) is 2.53. The minimum Gasteiger partial charge on any atom is -0.339 e. The summed E-state index contributed by atoms with van der Waals surface area (Å²) in [6.45, 7) is 3.22. The third-order valence-corrected chi connectivity index (χ3v) is 2.71. The minimum atomic E-state index is -0.132. The Labute approximate surface area is 128 Å². The zero-order valence-corrected chi connectivity index (χ0v) is 12.4. The Bertz CT molecular complexity index is 670. The third-order valence-electron chi connectivity index (χ3n) is 2.71. The van der Waals surface area contributed by atoms with Crippen molar-refractivity contribution in [1.29, 1.82) is 0 Å². The summed E-state index contributed by atoms with van der Waals surface area (Å²) in [5, 5.41) is 16.3. The van der Waals surface area contributed by atoms with Gasteiger partial charge in [-0.15, -0.1) is 10.2 Å². The van der Waals surface area contributed by atoms with Crippen molar-refractivity contribution in [3.63, 3.8) is 0 Å². The summed E-state index contributed by atoms with van der Waals surface area (Å²) < 4.78 is 0. The first-order chi connectivity index (χ1) is 10.6. The molecule has 0 fully saturated rings. The smallest absolute Gasteiger partial charge is 0.225 e. The highest BCUT2D eigenvalue weighted by Crippen LogP contribution is 2.19. The molecule has 0 aliphatic rings. The number of carbonyl (C=O) groups is 2. The molecule has 0 radical (unpaired) electrons. The Kier molecular flexibility index (Phi) is 5.02. The molecule has 0 saturated heterocycles. The lowest BCUT2D eigenvalue weighted by molar-refractivity contribution is -0.116. The lowest BCUT2D eigenvalue weighted by Gasteiger charge is -2.08. The van der Waals surface area contributed by atoms with Crippen LogP contribution in [0, 0.1) is 0 Å². The van der Waals surface area contributed by atoms with Crippen molar-refractivity contribution in [3.05, 3.63) is 36.4 Å². The second kappa shape index (κ2) is 7.16. The standard InChI is InChI=1S/C15H17N5O2/c1-3-15(22)18-14-8-7-13(19-20-14)17-12-6-4-5-11(9-12)16-10(2)21/h4-9H,3H2,1-2H3,(H,16,21)(H,17,19)(H,18,20,22). The molecular weight excluding hydrogens is 282 g/mol. The van der Waals surface area contributed by atoms with Crippen molar-refractivity contribution >= 4 is 34.8 Å². The van der Waals surface area contributed by atoms with Gasteiger partial charge in [-0.05, 0) is 30.3 Å². The lowest BCUT2D eigenvalue weighted by Crippen LogP contribution is -2.11. The SMILES string of the molecule is CCC(=O)Nc1ccc(Nc2cccc(NC(C)=O)c2)nn1. The summed E-state index contributed by atoms with van der Waals surface area (Å²) >= 11 is 0. The van der Waals surface area contributed by atoms with Crippen LogP contribution in [0.25, 0.3) is 0 Å². The van der Waals surface area contributed by atoms with E-state index in [1.165, 1.54) is 6.92 Å². The first-order valence-corrected chi connectivity index (χ1v) is 6.85. The van der Waals surface area contributed by atoms with Crippen LogP contribution in [0.4, 0.5) is 23.0 Å². The van der Waals surface area contributed by atoms with E-state index < -0.39 is 0 Å². The molecule has 2 aromatic rings. The molecule has 1 aromatic carbocycles. The highest BCUT2D eigenvalue weighted by atomic mass is 16.2. The van der Waals surface area contributed by atoms with E-state index in [1.807, 2.05) is 12.1 Å². The Balaban J connectivity index is 2.04. The van der Waals surface area contributed by atoms with Crippen molar-refractivity contribution in [2.24, 2.45) is 0 Å². The van der Waals surface area contributed by atoms with E-state index in [9.17, 15) is 9.59 Å². The van der Waals surface area contributed by atoms with Gasteiger partial charge in [0.2, 0.25) is 11.8 Å². The van der Waals surface area contributed by atoms with Gasteiger partial charge in [0.15, 0.2) is 11.6 Å². The normalized spacial score (nSPS) is 9.91. The molecule has 2 amide bonds. The molecule has 7 nitrogen and oxygen atoms in total. The minimum absolute atomic E-state index is 0.113. The van der Waals surface area contributed by atoms with Gasteiger partial charge in [-0.2, -0.15) is 0 Å². The average molecular weight is 299 g/mol. The summed E-state index contributed by atoms with van der Waals surface area (Å²) in [4.78, 5) is 22.3. The molecule has 0 unspecified atom stereocenters. The summed E-state index contributed by atoms with van der Waals surface area (Å²) in [5.74, 6) is 0.699. The number of anilines is 4. The first kappa shape index (κ1) is 15.4. The van der Waals surface area contributed by atoms with E-state index in [0.717, 1.165) is 5.69 Å². The second-order valence-corrected chi connectivity index (χ2v) is 4.59. The molecule has 0 atom stereocenters. The van der Waals surface area contributed by atoms with Crippen LogP contribution < -0.4 is 16.0 Å². The van der Waals surface area contributed by atoms with Crippen LogP contribution in [0.3, 0.4) is 0 Å². The maximum atomic E-state index is 11.3. The molecule has 0 aliphatic heterocycles. The Morgan fingerprint density at radius 2 is 1.68 bits per heavy atom. The summed E-state index contributed by atoms with van der Waals surface area (Å²) in [6.07, 6.45) is 0.387. The molecule has 3 N–H and O–H groups in total. The predicted molar refractivity (Wildman–Crippen MR) is 85.0 cm³/mol. The van der Waals surface area contributed by atoms with E-state index in [2.05, 4.69) is 26.1 Å². The first-order valence-electron chi connectivity index (χ1n) is 6.85. The van der Waals surface area contributed by atoms with Crippen molar-refractivity contribution in [1.82, 2.24) is 10.2 Å². The maximum Gasteiger partial charge on any atom is 0.225 e. The topological polar surface area (TPSA) is 96.0 Å². The van der Waals surface area contributed by atoms with Gasteiger partial charge in [-0.1, -0.05) is 13.0 Å². The summed E-state index contributed by atoms with van der Waals surface area (Å²) in [5.41, 5.74) is 1.46. The van der Waals surface area contributed by atoms with Gasteiger partial charge in [0.25, 0.3) is 0 Å². The molecule has 7 heteroatoms. The van der Waals surface area contributed by atoms with Crippen LogP contribution >= 0.6 is 0 Å². The van der Waals surface area contributed by atoms with Crippen molar-refractivity contribution in [3.8, 4) is 0 Å². The van der Waals surface area contributed by atoms with Crippen molar-refractivity contribution < 1.29 is 9.59 Å². The van der Waals surface area contributed by atoms with E-state index >= 15 is 0 Å². The zero-order valence-electron chi connectivity index (χ0n) is 12.4. The van der Waals surface area contributed by atoms with E-state index in [4.69, 9.17) is 0 Å². The quantitative estimate of drug-likeness (QED) is 0.788. The molecule has 0 aliphatic carbocycles. The Morgan fingerprint density at radius 1 is 1.00 bits per heavy atom. The van der Waals surface area contributed by atoms with E-state index in [0.29, 0.717) is 23.7 Å². The van der Waals surface area contributed by atoms with Gasteiger partial charge >= 0.3 is 0 Å². The van der Waals surface area contributed by atoms with Crippen LogP contribution in [-0.4, -0.2) is 22.0 Å². The van der Waals surface area contributed by atoms with Gasteiger partial charge in [-0.25, -0.2) is 0 Å². The van der Waals surface area contributed by atoms with Crippen molar-refractivity contribution in [2.75, 3.05) is 16.0 Å². The highest BCUT2D eigenvalue weighted by Gasteiger charge is 2.03. The number of rotatable bonds is 5. The van der Waals surface area contributed by atoms with Gasteiger partial charge in [-0.3, -0.25) is 9.59 Å². The van der Waals surface area contributed by atoms with Crippen LogP contribution in [0.1, 0.15) is 20.3 Å². The molecule has 0 spiro atoms. The monoisotopic (exact) mass is 299 g/mol. The Hall–Kier alpha value is -2.96. The number of nitrogens with zero attached hydrogens (tertiary/aromatic N) is 2. The molecule has 0 saturated carbocycles. The number of benzene rings is 1. The van der Waals surface area contributed by atoms with Gasteiger partial charge in [0.1, 0.15) is 0 Å². The van der Waals surface area contributed by atoms with Gasteiger partial charge in [0.05, 0.1) is 0 Å². The molecule has 1 aromatic heterocycles. The Morgan fingerprint density at radius 3 is 2.32 bits per heavy atom. The van der Waals surface area contributed by atoms with E-state index in [-0.39, 0.29) is 11.8 Å². The van der Waals surface area contributed by atoms with Gasteiger partial charge in [0, 0.05) is 24.7 Å². The number of hydrogen-bond acceptors (Lipinski definition) is 5. The number of amides is 2. The molecule has 2 rings (SSSR count). The van der Waals surface area contributed by atoms with Crippen LogP contribution in [0.5, 0.6) is 0 Å². The molecule has 1 heterocycles. The largest absolute Gasteiger partial charge is 0.339 e. The van der Waals surface area contributed by atoms with Gasteiger partial charge < -0.3 is 16.0 Å². The molecule has 114 valence electrons. The number of nitrogens with one attached hydrogen (secondary N) is 3. The lowest BCUT2D eigenvalue weighted by atomic mass is 10.2. The van der Waals surface area contributed by atoms with E-state index in [1.54, 1.807) is 31.2 Å². The summed E-state index contributed by atoms with van der Waals surface area (Å²) in [6, 6.07) is 10.6. The fraction of sp³-hybridized carbons (Fsp3) is 0.200. The zero-order chi connectivity index (χ0) is 15.9. The fourth-order valence-electron chi connectivity index (χ4n) is 1.72. The third kappa shape index (κ3) is 4.55. The highest BCUT2D eigenvalue weighted by molar-refractivity contribution is 5.90.